The van der Waals surface area contributed by atoms with E-state index >= 15 is 0 Å². The number of carbonyl (C=O) groups excluding carboxylic acids is 3. The van der Waals surface area contributed by atoms with Crippen molar-refractivity contribution in [3.63, 3.8) is 0 Å². The number of carboxylic acid groups (broad SMARTS) is 1. The van der Waals surface area contributed by atoms with Gasteiger partial charge in [0.05, 0.1) is 6.04 Å². The molecule has 4 rings (SSSR count). The number of carboxylic acids is 1. The SMILES string of the molecule is CC(C)C[C@H](NC(=O)[C@H](Cc1c[nH]c2ccccc12)NC(C)C(=O)O)C(=O)N[C@@H](Cc1c[nH]c2ccccc12)C(N)=O. The van der Waals surface area contributed by atoms with Gasteiger partial charge in [0.1, 0.15) is 18.1 Å². The molecule has 1 unspecified atom stereocenters. The van der Waals surface area contributed by atoms with Crippen LogP contribution in [-0.2, 0) is 32.0 Å². The zero-order valence-electron chi connectivity index (χ0n) is 23.9. The number of nitrogens with one attached hydrogen (secondary N) is 5. The molecule has 11 nitrogen and oxygen atoms in total. The van der Waals surface area contributed by atoms with Crippen LogP contribution >= 0.6 is 0 Å². The first kappa shape index (κ1) is 30.3. The Balaban J connectivity index is 1.53. The normalized spacial score (nSPS) is 14.4. The number of carbonyl (C=O) groups is 4. The van der Waals surface area contributed by atoms with Gasteiger partial charge in [0.25, 0.3) is 0 Å². The highest BCUT2D eigenvalue weighted by molar-refractivity contribution is 5.94. The molecular formula is C31H38N6O5. The number of aromatic nitrogens is 2. The smallest absolute Gasteiger partial charge is 0.320 e. The number of primary amides is 1. The third-order valence-electron chi connectivity index (χ3n) is 7.34. The molecule has 0 bridgehead atoms. The van der Waals surface area contributed by atoms with Gasteiger partial charge >= 0.3 is 5.97 Å². The third-order valence-corrected chi connectivity index (χ3v) is 7.34. The number of benzene rings is 2. The molecule has 0 radical (unpaired) electrons. The summed E-state index contributed by atoms with van der Waals surface area (Å²) in [7, 11) is 0. The van der Waals surface area contributed by atoms with Gasteiger partial charge in [0.15, 0.2) is 0 Å². The second-order valence-electron chi connectivity index (χ2n) is 11.1. The van der Waals surface area contributed by atoms with E-state index in [0.717, 1.165) is 32.9 Å². The molecule has 0 spiro atoms. The predicted molar refractivity (Wildman–Crippen MR) is 161 cm³/mol. The van der Waals surface area contributed by atoms with E-state index in [0.29, 0.717) is 6.42 Å². The van der Waals surface area contributed by atoms with Gasteiger partial charge in [-0.1, -0.05) is 50.2 Å². The average Bonchev–Trinajstić information content (AvgIpc) is 3.55. The summed E-state index contributed by atoms with van der Waals surface area (Å²) in [6.07, 6.45) is 4.23. The molecule has 4 atom stereocenters. The van der Waals surface area contributed by atoms with Crippen LogP contribution in [0.4, 0.5) is 0 Å². The fourth-order valence-electron chi connectivity index (χ4n) is 5.11. The summed E-state index contributed by atoms with van der Waals surface area (Å²) in [5.41, 5.74) is 9.12. The van der Waals surface area contributed by atoms with Crippen LogP contribution in [-0.4, -0.2) is 62.9 Å². The number of amides is 3. The minimum absolute atomic E-state index is 0.0275. The Bertz CT molecular complexity index is 1570. The number of aromatic amines is 2. The maximum Gasteiger partial charge on any atom is 0.320 e. The van der Waals surface area contributed by atoms with Crippen molar-refractivity contribution >= 4 is 45.5 Å². The Morgan fingerprint density at radius 1 is 0.762 bits per heavy atom. The molecule has 0 fully saturated rings. The van der Waals surface area contributed by atoms with E-state index in [2.05, 4.69) is 25.9 Å². The van der Waals surface area contributed by atoms with Crippen LogP contribution in [0.5, 0.6) is 0 Å². The first-order valence-electron chi connectivity index (χ1n) is 14.0. The molecule has 2 aromatic carbocycles. The maximum atomic E-state index is 13.6. The highest BCUT2D eigenvalue weighted by atomic mass is 16.4. The van der Waals surface area contributed by atoms with Crippen molar-refractivity contribution in [2.45, 2.75) is 64.2 Å². The molecule has 8 N–H and O–H groups in total. The summed E-state index contributed by atoms with van der Waals surface area (Å²) in [6, 6.07) is 11.3. The molecule has 3 amide bonds. The minimum atomic E-state index is -1.11. The van der Waals surface area contributed by atoms with Crippen molar-refractivity contribution in [3.8, 4) is 0 Å². The van der Waals surface area contributed by atoms with Crippen molar-refractivity contribution in [1.82, 2.24) is 25.9 Å². The number of rotatable bonds is 14. The molecule has 11 heteroatoms. The number of H-pyrrole nitrogens is 2. The van der Waals surface area contributed by atoms with Crippen LogP contribution in [0.1, 0.15) is 38.3 Å². The van der Waals surface area contributed by atoms with Gasteiger partial charge in [-0.15, -0.1) is 0 Å². The zero-order chi connectivity index (χ0) is 30.4. The zero-order valence-corrected chi connectivity index (χ0v) is 23.9. The number of hydrogen-bond acceptors (Lipinski definition) is 5. The molecule has 0 saturated carbocycles. The first-order chi connectivity index (χ1) is 20.0. The molecule has 2 aromatic heterocycles. The molecule has 0 aliphatic heterocycles. The molecule has 42 heavy (non-hydrogen) atoms. The van der Waals surface area contributed by atoms with Crippen molar-refractivity contribution in [3.05, 3.63) is 72.1 Å². The number of fused-ring (bicyclic) bond motifs is 2. The van der Waals surface area contributed by atoms with Crippen LogP contribution in [0, 0.1) is 5.92 Å². The Kier molecular flexibility index (Phi) is 9.64. The van der Waals surface area contributed by atoms with Crippen LogP contribution in [0.3, 0.4) is 0 Å². The van der Waals surface area contributed by atoms with Gasteiger partial charge in [-0.05, 0) is 48.9 Å². The largest absolute Gasteiger partial charge is 0.480 e. The van der Waals surface area contributed by atoms with Crippen molar-refractivity contribution in [2.24, 2.45) is 11.7 Å². The number of nitrogens with two attached hydrogens (primary N) is 1. The van der Waals surface area contributed by atoms with Gasteiger partial charge in [-0.2, -0.15) is 0 Å². The summed E-state index contributed by atoms with van der Waals surface area (Å²) in [5.74, 6) is -2.85. The topological polar surface area (TPSA) is 182 Å². The van der Waals surface area contributed by atoms with Gasteiger partial charge in [0, 0.05) is 40.6 Å². The van der Waals surface area contributed by atoms with Gasteiger partial charge < -0.3 is 31.4 Å². The number of hydrogen-bond donors (Lipinski definition) is 7. The lowest BCUT2D eigenvalue weighted by Crippen LogP contribution is -2.58. The Hall–Kier alpha value is -4.64. The third kappa shape index (κ3) is 7.35. The standard InChI is InChI=1S/C31H38N6O5/c1-17(2)12-26(29(39)36-25(28(32)38)13-19-15-33-23-10-6-4-8-21(19)23)37-30(40)27(35-18(3)31(41)42)14-20-16-34-24-11-7-5-9-22(20)24/h4-11,15-18,25-27,33-35H,12-14H2,1-3H3,(H2,32,38)(H,36,39)(H,37,40)(H,41,42)/t18?,25-,26-,27-/m0/s1. The Morgan fingerprint density at radius 3 is 1.74 bits per heavy atom. The molecule has 2 heterocycles. The fourth-order valence-corrected chi connectivity index (χ4v) is 5.11. The Morgan fingerprint density at radius 2 is 1.24 bits per heavy atom. The van der Waals surface area contributed by atoms with Crippen molar-refractivity contribution in [2.75, 3.05) is 0 Å². The number of aliphatic carboxylic acids is 1. The van der Waals surface area contributed by atoms with E-state index < -0.39 is 47.9 Å². The summed E-state index contributed by atoms with van der Waals surface area (Å²) < 4.78 is 0. The second-order valence-corrected chi connectivity index (χ2v) is 11.1. The molecule has 222 valence electrons. The van der Waals surface area contributed by atoms with E-state index in [-0.39, 0.29) is 18.8 Å². The van der Waals surface area contributed by atoms with E-state index in [1.54, 1.807) is 12.4 Å². The Labute approximate surface area is 243 Å². The molecule has 0 aliphatic carbocycles. The van der Waals surface area contributed by atoms with E-state index in [4.69, 9.17) is 5.73 Å². The number of para-hydroxylation sites is 2. The highest BCUT2D eigenvalue weighted by Crippen LogP contribution is 2.21. The van der Waals surface area contributed by atoms with E-state index in [1.165, 1.54) is 6.92 Å². The van der Waals surface area contributed by atoms with Crippen LogP contribution < -0.4 is 21.7 Å². The molecular weight excluding hydrogens is 536 g/mol. The van der Waals surface area contributed by atoms with Crippen LogP contribution in [0.15, 0.2) is 60.9 Å². The van der Waals surface area contributed by atoms with Crippen molar-refractivity contribution < 1.29 is 24.3 Å². The van der Waals surface area contributed by atoms with Crippen molar-refractivity contribution in [1.29, 1.82) is 0 Å². The predicted octanol–water partition coefficient (Wildman–Crippen LogP) is 2.37. The molecule has 0 aliphatic rings. The summed E-state index contributed by atoms with van der Waals surface area (Å²) in [5, 5.41) is 19.8. The average molecular weight is 575 g/mol. The van der Waals surface area contributed by atoms with Gasteiger partial charge in [-0.25, -0.2) is 0 Å². The van der Waals surface area contributed by atoms with Gasteiger partial charge in [-0.3, -0.25) is 24.5 Å². The quantitative estimate of drug-likeness (QED) is 0.121. The molecule has 0 saturated heterocycles. The lowest BCUT2D eigenvalue weighted by Gasteiger charge is -2.26. The summed E-state index contributed by atoms with van der Waals surface area (Å²) in [6.45, 7) is 5.29. The lowest BCUT2D eigenvalue weighted by molar-refractivity contribution is -0.139. The summed E-state index contributed by atoms with van der Waals surface area (Å²) >= 11 is 0. The second kappa shape index (κ2) is 13.3. The monoisotopic (exact) mass is 574 g/mol. The van der Waals surface area contributed by atoms with Crippen LogP contribution in [0.25, 0.3) is 21.8 Å². The molecule has 4 aromatic rings. The van der Waals surface area contributed by atoms with Gasteiger partial charge in [0.2, 0.25) is 17.7 Å². The minimum Gasteiger partial charge on any atom is -0.480 e. The maximum absolute atomic E-state index is 13.6. The van der Waals surface area contributed by atoms with E-state index in [9.17, 15) is 24.3 Å². The first-order valence-corrected chi connectivity index (χ1v) is 14.0. The van der Waals surface area contributed by atoms with Crippen LogP contribution in [0.2, 0.25) is 0 Å². The highest BCUT2D eigenvalue weighted by Gasteiger charge is 2.31. The fraction of sp³-hybridized carbons (Fsp3) is 0.355. The lowest BCUT2D eigenvalue weighted by atomic mass is 9.99. The summed E-state index contributed by atoms with van der Waals surface area (Å²) in [4.78, 5) is 57.5. The van der Waals surface area contributed by atoms with E-state index in [1.807, 2.05) is 62.4 Å².